The zero-order valence-corrected chi connectivity index (χ0v) is 13.0. The third-order valence-electron chi connectivity index (χ3n) is 2.59. The third kappa shape index (κ3) is 3.62. The molecule has 100 valence electrons. The van der Waals surface area contributed by atoms with Gasteiger partial charge in [0.15, 0.2) is 5.82 Å². The van der Waals surface area contributed by atoms with E-state index in [1.807, 2.05) is 13.0 Å². The smallest absolute Gasteiger partial charge is 0.161 e. The summed E-state index contributed by atoms with van der Waals surface area (Å²) in [5.74, 6) is 1.08. The summed E-state index contributed by atoms with van der Waals surface area (Å²) in [6.07, 6.45) is 2.77. The van der Waals surface area contributed by atoms with Gasteiger partial charge in [-0.25, -0.2) is 14.4 Å². The molecule has 0 amide bonds. The van der Waals surface area contributed by atoms with E-state index in [-0.39, 0.29) is 5.82 Å². The molecule has 0 saturated heterocycles. The van der Waals surface area contributed by atoms with E-state index in [1.165, 1.54) is 12.1 Å². The lowest BCUT2D eigenvalue weighted by atomic mass is 10.1. The molecular weight excluding hydrogens is 356 g/mol. The molecule has 3 nitrogen and oxygen atoms in total. The molecule has 0 spiro atoms. The van der Waals surface area contributed by atoms with E-state index >= 15 is 0 Å². The highest BCUT2D eigenvalue weighted by molar-refractivity contribution is 14.1. The highest BCUT2D eigenvalue weighted by Crippen LogP contribution is 2.22. The van der Waals surface area contributed by atoms with Crippen LogP contribution >= 0.6 is 22.6 Å². The Bertz CT molecular complexity index is 567. The van der Waals surface area contributed by atoms with Crippen molar-refractivity contribution in [2.24, 2.45) is 0 Å². The fourth-order valence-electron chi connectivity index (χ4n) is 1.74. The molecule has 0 atom stereocenters. The molecule has 0 bridgehead atoms. The summed E-state index contributed by atoms with van der Waals surface area (Å²) in [5.41, 5.74) is 1.56. The van der Waals surface area contributed by atoms with Crippen LogP contribution in [-0.4, -0.2) is 16.5 Å². The Hall–Kier alpha value is -1.24. The Balaban J connectivity index is 2.39. The average molecular weight is 371 g/mol. The van der Waals surface area contributed by atoms with Crippen LogP contribution in [0.25, 0.3) is 11.4 Å². The van der Waals surface area contributed by atoms with E-state index in [9.17, 15) is 4.39 Å². The summed E-state index contributed by atoms with van der Waals surface area (Å²) in [5, 5.41) is 3.25. The van der Waals surface area contributed by atoms with Gasteiger partial charge in [0.05, 0.1) is 3.57 Å². The SMILES string of the molecule is CCCNc1nc(-c2cc(C)cc(F)c2)ncc1I. The minimum absolute atomic E-state index is 0.264. The molecule has 19 heavy (non-hydrogen) atoms. The van der Waals surface area contributed by atoms with Crippen LogP contribution in [0.2, 0.25) is 0 Å². The average Bonchev–Trinajstić information content (AvgIpc) is 2.36. The van der Waals surface area contributed by atoms with Gasteiger partial charge in [0.1, 0.15) is 11.6 Å². The summed E-state index contributed by atoms with van der Waals surface area (Å²) >= 11 is 2.19. The van der Waals surface area contributed by atoms with Gasteiger partial charge in [-0.3, -0.25) is 0 Å². The highest BCUT2D eigenvalue weighted by Gasteiger charge is 2.08. The third-order valence-corrected chi connectivity index (χ3v) is 3.38. The molecule has 0 fully saturated rings. The van der Waals surface area contributed by atoms with Crippen molar-refractivity contribution in [1.82, 2.24) is 9.97 Å². The van der Waals surface area contributed by atoms with E-state index in [2.05, 4.69) is 44.8 Å². The molecule has 0 unspecified atom stereocenters. The first-order valence-electron chi connectivity index (χ1n) is 6.14. The van der Waals surface area contributed by atoms with Crippen molar-refractivity contribution >= 4 is 28.4 Å². The molecule has 0 saturated carbocycles. The molecule has 0 aliphatic heterocycles. The van der Waals surface area contributed by atoms with E-state index in [4.69, 9.17) is 0 Å². The molecule has 1 aromatic heterocycles. The molecule has 2 aromatic rings. The van der Waals surface area contributed by atoms with E-state index in [0.717, 1.165) is 27.9 Å². The first-order chi connectivity index (χ1) is 9.10. The van der Waals surface area contributed by atoms with Crippen molar-refractivity contribution in [1.29, 1.82) is 0 Å². The summed E-state index contributed by atoms with van der Waals surface area (Å²) in [6, 6.07) is 4.83. The first-order valence-corrected chi connectivity index (χ1v) is 7.22. The fourth-order valence-corrected chi connectivity index (χ4v) is 2.19. The minimum atomic E-state index is -0.264. The van der Waals surface area contributed by atoms with Gasteiger partial charge in [-0.05, 0) is 59.7 Å². The Kier molecular flexibility index (Phi) is 4.68. The Morgan fingerprint density at radius 3 is 2.79 bits per heavy atom. The summed E-state index contributed by atoms with van der Waals surface area (Å²) in [7, 11) is 0. The van der Waals surface area contributed by atoms with Crippen molar-refractivity contribution in [2.75, 3.05) is 11.9 Å². The first kappa shape index (κ1) is 14.2. The quantitative estimate of drug-likeness (QED) is 0.826. The number of halogens is 2. The summed E-state index contributed by atoms with van der Waals surface area (Å²) in [6.45, 7) is 4.81. The Labute approximate surface area is 125 Å². The van der Waals surface area contributed by atoms with Gasteiger partial charge in [0, 0.05) is 18.3 Å². The van der Waals surface area contributed by atoms with Gasteiger partial charge in [-0.15, -0.1) is 0 Å². The number of hydrogen-bond acceptors (Lipinski definition) is 3. The van der Waals surface area contributed by atoms with Crippen molar-refractivity contribution in [3.8, 4) is 11.4 Å². The molecule has 1 N–H and O–H groups in total. The maximum Gasteiger partial charge on any atom is 0.161 e. The number of rotatable bonds is 4. The van der Waals surface area contributed by atoms with Crippen LogP contribution in [0, 0.1) is 16.3 Å². The summed E-state index contributed by atoms with van der Waals surface area (Å²) in [4.78, 5) is 8.74. The van der Waals surface area contributed by atoms with Crippen molar-refractivity contribution < 1.29 is 4.39 Å². The number of nitrogens with one attached hydrogen (secondary N) is 1. The normalized spacial score (nSPS) is 10.5. The van der Waals surface area contributed by atoms with Crippen molar-refractivity contribution in [2.45, 2.75) is 20.3 Å². The van der Waals surface area contributed by atoms with Crippen molar-refractivity contribution in [3.05, 3.63) is 39.3 Å². The molecule has 2 rings (SSSR count). The van der Waals surface area contributed by atoms with Crippen LogP contribution in [0.1, 0.15) is 18.9 Å². The molecule has 0 aliphatic rings. The number of nitrogens with zero attached hydrogens (tertiary/aromatic N) is 2. The number of aromatic nitrogens is 2. The highest BCUT2D eigenvalue weighted by atomic mass is 127. The van der Waals surface area contributed by atoms with Gasteiger partial charge in [-0.2, -0.15) is 0 Å². The largest absolute Gasteiger partial charge is 0.369 e. The van der Waals surface area contributed by atoms with E-state index in [0.29, 0.717) is 11.4 Å². The number of aryl methyl sites for hydroxylation is 1. The number of benzene rings is 1. The van der Waals surface area contributed by atoms with Gasteiger partial charge < -0.3 is 5.32 Å². The second-order valence-electron chi connectivity index (χ2n) is 4.33. The Morgan fingerprint density at radius 1 is 1.32 bits per heavy atom. The lowest BCUT2D eigenvalue weighted by Gasteiger charge is -2.08. The van der Waals surface area contributed by atoms with Gasteiger partial charge in [0.25, 0.3) is 0 Å². The van der Waals surface area contributed by atoms with E-state index in [1.54, 1.807) is 6.20 Å². The Morgan fingerprint density at radius 2 is 2.11 bits per heavy atom. The maximum atomic E-state index is 13.4. The van der Waals surface area contributed by atoms with Crippen LogP contribution in [0.5, 0.6) is 0 Å². The predicted octanol–water partition coefficient (Wildman–Crippen LogP) is 4.02. The van der Waals surface area contributed by atoms with Crippen LogP contribution in [-0.2, 0) is 0 Å². The lowest BCUT2D eigenvalue weighted by molar-refractivity contribution is 0.627. The predicted molar refractivity (Wildman–Crippen MR) is 83.7 cm³/mol. The monoisotopic (exact) mass is 371 g/mol. The second kappa shape index (κ2) is 6.27. The minimum Gasteiger partial charge on any atom is -0.369 e. The van der Waals surface area contributed by atoms with Crippen molar-refractivity contribution in [3.63, 3.8) is 0 Å². The van der Waals surface area contributed by atoms with Crippen LogP contribution in [0.15, 0.2) is 24.4 Å². The van der Waals surface area contributed by atoms with Gasteiger partial charge in [-0.1, -0.05) is 6.92 Å². The molecule has 1 heterocycles. The lowest BCUT2D eigenvalue weighted by Crippen LogP contribution is -2.05. The molecule has 0 aliphatic carbocycles. The molecule has 0 radical (unpaired) electrons. The number of anilines is 1. The fraction of sp³-hybridized carbons (Fsp3) is 0.286. The number of hydrogen-bond donors (Lipinski definition) is 1. The second-order valence-corrected chi connectivity index (χ2v) is 5.50. The zero-order chi connectivity index (χ0) is 13.8. The summed E-state index contributed by atoms with van der Waals surface area (Å²) < 4.78 is 14.4. The van der Waals surface area contributed by atoms with Gasteiger partial charge >= 0.3 is 0 Å². The van der Waals surface area contributed by atoms with E-state index < -0.39 is 0 Å². The van der Waals surface area contributed by atoms with Gasteiger partial charge in [0.2, 0.25) is 0 Å². The van der Waals surface area contributed by atoms with Crippen LogP contribution in [0.4, 0.5) is 10.2 Å². The standard InChI is InChI=1S/C14H15FIN3/c1-3-4-17-14-12(16)8-18-13(19-14)10-5-9(2)6-11(15)7-10/h5-8H,3-4H2,1-2H3,(H,17,18,19). The maximum absolute atomic E-state index is 13.4. The zero-order valence-electron chi connectivity index (χ0n) is 10.9. The topological polar surface area (TPSA) is 37.8 Å². The molecular formula is C14H15FIN3. The molecule has 1 aromatic carbocycles. The van der Waals surface area contributed by atoms with Crippen LogP contribution < -0.4 is 5.32 Å². The van der Waals surface area contributed by atoms with Crippen LogP contribution in [0.3, 0.4) is 0 Å². The molecule has 5 heteroatoms.